The van der Waals surface area contributed by atoms with Gasteiger partial charge in [0, 0.05) is 17.8 Å². The van der Waals surface area contributed by atoms with E-state index in [1.54, 1.807) is 36.9 Å². The van der Waals surface area contributed by atoms with Crippen LogP contribution in [0.5, 0.6) is 5.75 Å². The standard InChI is InChI=1S/C22H21ClN4O6S/c1-27-19(16-10-14(23)5-6-17(16)31-2)25-26-22(27)34-11-18(28)24-15-8-12(20(29)32-3)7-13(9-15)21(30)33-4/h5-10H,11H2,1-4H3,(H,24,28). The van der Waals surface area contributed by atoms with E-state index in [0.717, 1.165) is 11.8 Å². The van der Waals surface area contributed by atoms with E-state index in [1.165, 1.54) is 32.4 Å². The highest BCUT2D eigenvalue weighted by molar-refractivity contribution is 7.99. The lowest BCUT2D eigenvalue weighted by atomic mass is 10.1. The van der Waals surface area contributed by atoms with Crippen LogP contribution in [0.15, 0.2) is 41.6 Å². The summed E-state index contributed by atoms with van der Waals surface area (Å²) in [6, 6.07) is 9.31. The van der Waals surface area contributed by atoms with Gasteiger partial charge in [-0.1, -0.05) is 23.4 Å². The Bertz CT molecular complexity index is 1210. The van der Waals surface area contributed by atoms with Crippen molar-refractivity contribution in [3.05, 3.63) is 52.5 Å². The number of ether oxygens (including phenoxy) is 3. The third kappa shape index (κ3) is 5.67. The average Bonchev–Trinajstić information content (AvgIpc) is 3.21. The van der Waals surface area contributed by atoms with Crippen LogP contribution in [0, 0.1) is 0 Å². The Hall–Kier alpha value is -3.57. The third-order valence-corrected chi connectivity index (χ3v) is 5.88. The van der Waals surface area contributed by atoms with Gasteiger partial charge >= 0.3 is 11.9 Å². The van der Waals surface area contributed by atoms with Crippen LogP contribution in [0.3, 0.4) is 0 Å². The molecule has 34 heavy (non-hydrogen) atoms. The van der Waals surface area contributed by atoms with Gasteiger partial charge in [-0.05, 0) is 36.4 Å². The van der Waals surface area contributed by atoms with Crippen molar-refractivity contribution in [3.8, 4) is 17.1 Å². The Morgan fingerprint density at radius 1 is 1.00 bits per heavy atom. The van der Waals surface area contributed by atoms with Crippen molar-refractivity contribution in [2.75, 3.05) is 32.4 Å². The first-order valence-electron chi connectivity index (χ1n) is 9.75. The molecule has 0 saturated carbocycles. The first kappa shape index (κ1) is 25.1. The Kier molecular flexibility index (Phi) is 8.13. The summed E-state index contributed by atoms with van der Waals surface area (Å²) in [7, 11) is 5.74. The summed E-state index contributed by atoms with van der Waals surface area (Å²) >= 11 is 7.27. The molecule has 0 aliphatic rings. The quantitative estimate of drug-likeness (QED) is 0.363. The number of aromatic nitrogens is 3. The zero-order chi connectivity index (χ0) is 24.8. The monoisotopic (exact) mass is 504 g/mol. The van der Waals surface area contributed by atoms with E-state index < -0.39 is 11.9 Å². The van der Waals surface area contributed by atoms with Gasteiger partial charge < -0.3 is 24.1 Å². The molecule has 0 radical (unpaired) electrons. The summed E-state index contributed by atoms with van der Waals surface area (Å²) < 4.78 is 16.5. The summed E-state index contributed by atoms with van der Waals surface area (Å²) in [5, 5.41) is 12.0. The van der Waals surface area contributed by atoms with Gasteiger partial charge in [0.2, 0.25) is 5.91 Å². The lowest BCUT2D eigenvalue weighted by Crippen LogP contribution is -2.16. The van der Waals surface area contributed by atoms with E-state index >= 15 is 0 Å². The Balaban J connectivity index is 1.75. The van der Waals surface area contributed by atoms with Crippen LogP contribution in [0.2, 0.25) is 5.02 Å². The highest BCUT2D eigenvalue weighted by Crippen LogP contribution is 2.32. The molecule has 3 rings (SSSR count). The van der Waals surface area contributed by atoms with Crippen LogP contribution >= 0.6 is 23.4 Å². The smallest absolute Gasteiger partial charge is 0.337 e. The fourth-order valence-electron chi connectivity index (χ4n) is 3.03. The number of nitrogens with one attached hydrogen (secondary N) is 1. The van der Waals surface area contributed by atoms with Crippen molar-refractivity contribution in [1.82, 2.24) is 14.8 Å². The largest absolute Gasteiger partial charge is 0.496 e. The summed E-state index contributed by atoms with van der Waals surface area (Å²) in [6.07, 6.45) is 0. The van der Waals surface area contributed by atoms with Crippen LogP contribution < -0.4 is 10.1 Å². The molecule has 1 N–H and O–H groups in total. The highest BCUT2D eigenvalue weighted by Gasteiger charge is 2.18. The molecule has 0 atom stereocenters. The molecule has 0 aliphatic heterocycles. The first-order chi connectivity index (χ1) is 16.3. The SMILES string of the molecule is COC(=O)c1cc(NC(=O)CSc2nnc(-c3cc(Cl)ccc3OC)n2C)cc(C(=O)OC)c1. The minimum atomic E-state index is -0.654. The second-order valence-electron chi connectivity index (χ2n) is 6.83. The van der Waals surface area contributed by atoms with Crippen LogP contribution in [-0.2, 0) is 21.3 Å². The number of hydrogen-bond donors (Lipinski definition) is 1. The second-order valence-corrected chi connectivity index (χ2v) is 8.21. The Morgan fingerprint density at radius 3 is 2.24 bits per heavy atom. The molecule has 2 aromatic carbocycles. The molecule has 3 aromatic rings. The number of rotatable bonds is 8. The van der Waals surface area contributed by atoms with E-state index in [-0.39, 0.29) is 28.5 Å². The number of carbonyl (C=O) groups is 3. The number of halogens is 1. The molecule has 1 aromatic heterocycles. The molecule has 0 saturated heterocycles. The zero-order valence-electron chi connectivity index (χ0n) is 18.7. The average molecular weight is 505 g/mol. The van der Waals surface area contributed by atoms with Crippen molar-refractivity contribution in [2.24, 2.45) is 7.05 Å². The van der Waals surface area contributed by atoms with E-state index in [1.807, 2.05) is 0 Å². The molecule has 0 bridgehead atoms. The van der Waals surface area contributed by atoms with Crippen molar-refractivity contribution in [1.29, 1.82) is 0 Å². The van der Waals surface area contributed by atoms with Gasteiger partial charge in [-0.3, -0.25) is 4.79 Å². The summed E-state index contributed by atoms with van der Waals surface area (Å²) in [4.78, 5) is 36.4. The molecule has 0 fully saturated rings. The predicted molar refractivity (Wildman–Crippen MR) is 126 cm³/mol. The number of nitrogens with zero attached hydrogens (tertiary/aromatic N) is 3. The lowest BCUT2D eigenvalue weighted by Gasteiger charge is -2.10. The van der Waals surface area contributed by atoms with E-state index in [0.29, 0.717) is 27.3 Å². The van der Waals surface area contributed by atoms with Crippen LogP contribution in [0.4, 0.5) is 5.69 Å². The molecule has 0 unspecified atom stereocenters. The van der Waals surface area contributed by atoms with Gasteiger partial charge in [0.05, 0.1) is 43.8 Å². The highest BCUT2D eigenvalue weighted by atomic mass is 35.5. The minimum absolute atomic E-state index is 0.00529. The molecular formula is C22H21ClN4O6S. The number of benzene rings is 2. The fourth-order valence-corrected chi connectivity index (χ4v) is 3.91. The minimum Gasteiger partial charge on any atom is -0.496 e. The second kappa shape index (κ2) is 11.0. The van der Waals surface area contributed by atoms with Gasteiger partial charge in [-0.15, -0.1) is 10.2 Å². The Labute approximate surface area is 204 Å². The summed E-state index contributed by atoms with van der Waals surface area (Å²) in [6.45, 7) is 0. The zero-order valence-corrected chi connectivity index (χ0v) is 20.3. The first-order valence-corrected chi connectivity index (χ1v) is 11.1. The van der Waals surface area contributed by atoms with Crippen molar-refractivity contribution >= 4 is 46.9 Å². The van der Waals surface area contributed by atoms with Crippen LogP contribution in [-0.4, -0.2) is 59.7 Å². The maximum Gasteiger partial charge on any atom is 0.337 e. The van der Waals surface area contributed by atoms with Crippen molar-refractivity contribution in [2.45, 2.75) is 5.16 Å². The van der Waals surface area contributed by atoms with Crippen LogP contribution in [0.1, 0.15) is 20.7 Å². The number of carbonyl (C=O) groups excluding carboxylic acids is 3. The molecule has 12 heteroatoms. The van der Waals surface area contributed by atoms with Gasteiger partial charge in [0.15, 0.2) is 11.0 Å². The normalized spacial score (nSPS) is 10.5. The molecule has 0 spiro atoms. The number of methoxy groups -OCH3 is 3. The maximum absolute atomic E-state index is 12.6. The van der Waals surface area contributed by atoms with Gasteiger partial charge in [0.25, 0.3) is 0 Å². The predicted octanol–water partition coefficient (Wildman–Crippen LogP) is 3.45. The lowest BCUT2D eigenvalue weighted by molar-refractivity contribution is -0.113. The van der Waals surface area contributed by atoms with Gasteiger partial charge in [0.1, 0.15) is 5.75 Å². The fraction of sp³-hybridized carbons (Fsp3) is 0.227. The van der Waals surface area contributed by atoms with E-state index in [2.05, 4.69) is 15.5 Å². The molecule has 1 heterocycles. The number of hydrogen-bond acceptors (Lipinski definition) is 9. The molecule has 1 amide bonds. The number of esters is 2. The molecular weight excluding hydrogens is 484 g/mol. The summed E-state index contributed by atoms with van der Waals surface area (Å²) in [5.41, 5.74) is 1.11. The number of anilines is 1. The van der Waals surface area contributed by atoms with E-state index in [4.69, 9.17) is 25.8 Å². The van der Waals surface area contributed by atoms with Crippen LogP contribution in [0.25, 0.3) is 11.4 Å². The molecule has 178 valence electrons. The Morgan fingerprint density at radius 2 is 1.65 bits per heavy atom. The summed E-state index contributed by atoms with van der Waals surface area (Å²) in [5.74, 6) is -0.587. The van der Waals surface area contributed by atoms with Crippen molar-refractivity contribution < 1.29 is 28.6 Å². The third-order valence-electron chi connectivity index (χ3n) is 4.63. The van der Waals surface area contributed by atoms with Crippen molar-refractivity contribution in [3.63, 3.8) is 0 Å². The number of thioether (sulfide) groups is 1. The number of amides is 1. The van der Waals surface area contributed by atoms with Gasteiger partial charge in [-0.2, -0.15) is 0 Å². The maximum atomic E-state index is 12.6. The van der Waals surface area contributed by atoms with Gasteiger partial charge in [-0.25, -0.2) is 9.59 Å². The van der Waals surface area contributed by atoms with E-state index in [9.17, 15) is 14.4 Å². The topological polar surface area (TPSA) is 122 Å². The molecule has 0 aliphatic carbocycles. The molecule has 10 nitrogen and oxygen atoms in total.